The molecule has 0 aromatic carbocycles. The minimum absolute atomic E-state index is 0.0947. The smallest absolute Gasteiger partial charge is 0.215 e. The van der Waals surface area contributed by atoms with E-state index in [-0.39, 0.29) is 19.6 Å². The lowest BCUT2D eigenvalue weighted by atomic mass is 9.83. The molecule has 32 heavy (non-hydrogen) atoms. The van der Waals surface area contributed by atoms with E-state index in [9.17, 15) is 15.3 Å². The highest BCUT2D eigenvalue weighted by Gasteiger charge is 2.56. The zero-order chi connectivity index (χ0) is 23.8. The van der Waals surface area contributed by atoms with Gasteiger partial charge in [0.1, 0.15) is 35.8 Å². The molecule has 1 saturated heterocycles. The van der Waals surface area contributed by atoms with Gasteiger partial charge in [0, 0.05) is 12.1 Å². The summed E-state index contributed by atoms with van der Waals surface area (Å²) in [6.45, 7) is 3.20. The van der Waals surface area contributed by atoms with Crippen molar-refractivity contribution in [3.63, 3.8) is 0 Å². The molecule has 3 rings (SSSR count). The summed E-state index contributed by atoms with van der Waals surface area (Å²) in [4.78, 5) is 0. The highest BCUT2D eigenvalue weighted by atomic mass is 16.7. The monoisotopic (exact) mass is 461 g/mol. The first kappa shape index (κ1) is 25.7. The quantitative estimate of drug-likeness (QED) is 0.194. The number of aliphatic hydroxyl groups is 3. The van der Waals surface area contributed by atoms with Crippen molar-refractivity contribution in [2.45, 2.75) is 93.0 Å². The molecule has 0 aromatic heterocycles. The predicted octanol–water partition coefficient (Wildman–Crippen LogP) is -3.46. The van der Waals surface area contributed by atoms with Crippen LogP contribution in [0, 0.1) is 0 Å². The lowest BCUT2D eigenvalue weighted by Crippen LogP contribution is -2.72. The number of hydrogen-bond donors (Lipinski definition) is 8. The van der Waals surface area contributed by atoms with Crippen molar-refractivity contribution in [2.75, 3.05) is 20.2 Å². The van der Waals surface area contributed by atoms with E-state index in [0.717, 1.165) is 0 Å². The average molecular weight is 462 g/mol. The minimum Gasteiger partial charge on any atom is -0.467 e. The summed E-state index contributed by atoms with van der Waals surface area (Å²) >= 11 is 0. The van der Waals surface area contributed by atoms with Crippen molar-refractivity contribution in [1.82, 2.24) is 5.32 Å². The third kappa shape index (κ3) is 4.95. The molecule has 1 saturated carbocycles. The van der Waals surface area contributed by atoms with Crippen LogP contribution in [0.2, 0.25) is 0 Å². The molecule has 0 spiro atoms. The lowest BCUT2D eigenvalue weighted by Gasteiger charge is -2.52. The van der Waals surface area contributed by atoms with Crippen LogP contribution in [0.4, 0.5) is 0 Å². The fourth-order valence-electron chi connectivity index (χ4n) is 4.64. The lowest BCUT2D eigenvalue weighted by molar-refractivity contribution is -0.356. The van der Waals surface area contributed by atoms with Crippen LogP contribution in [0.3, 0.4) is 0 Å². The Kier molecular flexibility index (Phi) is 7.85. The molecule has 0 aromatic rings. The molecular weight excluding hydrogens is 422 g/mol. The van der Waals surface area contributed by atoms with E-state index in [1.807, 2.05) is 0 Å². The van der Waals surface area contributed by atoms with Gasteiger partial charge >= 0.3 is 0 Å². The standard InChI is InChI=1S/C20H39N5O7/c1-19(28)8-29-20(2,17(27)16(19)25-3)32-15-12(24)6-11(23)14(13(15)26)31-18-10(22)5-4-9(7-21)30-18/h4,10-18,25-28H,5-8,21-24H2,1-3H3/t10-,11+,12-,13+,14-,15+,16-,17-,18-,19+,20-/m1/s1. The number of nitrogens with one attached hydrogen (secondary N) is 1. The summed E-state index contributed by atoms with van der Waals surface area (Å²) in [5.74, 6) is -0.991. The van der Waals surface area contributed by atoms with Crippen LogP contribution < -0.4 is 28.3 Å². The zero-order valence-corrected chi connectivity index (χ0v) is 18.9. The Morgan fingerprint density at radius 1 is 1.16 bits per heavy atom. The molecular formula is C20H39N5O7. The molecule has 2 fully saturated rings. The molecule has 11 atom stereocenters. The van der Waals surface area contributed by atoms with Crippen molar-refractivity contribution in [1.29, 1.82) is 0 Å². The first-order valence-electron chi connectivity index (χ1n) is 11.0. The Balaban J connectivity index is 1.75. The molecule has 1 aliphatic carbocycles. The van der Waals surface area contributed by atoms with E-state index in [0.29, 0.717) is 12.2 Å². The van der Waals surface area contributed by atoms with Gasteiger partial charge < -0.3 is 62.5 Å². The van der Waals surface area contributed by atoms with E-state index < -0.39 is 66.3 Å². The number of ether oxygens (including phenoxy) is 4. The second kappa shape index (κ2) is 9.76. The third-order valence-electron chi connectivity index (χ3n) is 6.64. The Morgan fingerprint density at radius 2 is 1.81 bits per heavy atom. The van der Waals surface area contributed by atoms with Crippen molar-refractivity contribution in [2.24, 2.45) is 22.9 Å². The molecule has 12 heteroatoms. The van der Waals surface area contributed by atoms with E-state index in [1.165, 1.54) is 0 Å². The number of hydrogen-bond acceptors (Lipinski definition) is 12. The Labute approximate surface area is 188 Å². The van der Waals surface area contributed by atoms with Gasteiger partial charge in [-0.15, -0.1) is 0 Å². The van der Waals surface area contributed by atoms with Gasteiger partial charge in [0.25, 0.3) is 0 Å². The molecule has 3 aliphatic rings. The molecule has 2 heterocycles. The minimum atomic E-state index is -1.54. The summed E-state index contributed by atoms with van der Waals surface area (Å²) in [5, 5.41) is 35.4. The van der Waals surface area contributed by atoms with Crippen molar-refractivity contribution >= 4 is 0 Å². The summed E-state index contributed by atoms with van der Waals surface area (Å²) in [6, 6.07) is -2.44. The molecule has 12 nitrogen and oxygen atoms in total. The number of likely N-dealkylation sites (N-methyl/N-ethyl adjacent to an activating group) is 1. The van der Waals surface area contributed by atoms with Gasteiger partial charge in [0.05, 0.1) is 25.2 Å². The van der Waals surface area contributed by atoms with Crippen LogP contribution in [-0.4, -0.2) is 102 Å². The number of rotatable bonds is 6. The maximum absolute atomic E-state index is 11.1. The number of nitrogens with two attached hydrogens (primary N) is 4. The zero-order valence-electron chi connectivity index (χ0n) is 18.9. The van der Waals surface area contributed by atoms with Crippen molar-refractivity contribution < 1.29 is 34.3 Å². The Bertz CT molecular complexity index is 683. The largest absolute Gasteiger partial charge is 0.467 e. The predicted molar refractivity (Wildman–Crippen MR) is 115 cm³/mol. The van der Waals surface area contributed by atoms with Gasteiger partial charge in [-0.3, -0.25) is 0 Å². The average Bonchev–Trinajstić information content (AvgIpc) is 2.73. The van der Waals surface area contributed by atoms with Gasteiger partial charge in [-0.1, -0.05) is 0 Å². The van der Waals surface area contributed by atoms with Crippen molar-refractivity contribution in [3.05, 3.63) is 11.8 Å². The first-order chi connectivity index (χ1) is 14.9. The molecule has 186 valence electrons. The molecule has 2 aliphatic heterocycles. The molecule has 0 radical (unpaired) electrons. The van der Waals surface area contributed by atoms with E-state index in [1.54, 1.807) is 27.0 Å². The van der Waals surface area contributed by atoms with Gasteiger partial charge in [-0.2, -0.15) is 0 Å². The van der Waals surface area contributed by atoms with Gasteiger partial charge in [0.15, 0.2) is 5.79 Å². The van der Waals surface area contributed by atoms with Crippen LogP contribution in [0.25, 0.3) is 0 Å². The summed E-state index contributed by atoms with van der Waals surface area (Å²) in [5.41, 5.74) is 23.0. The first-order valence-corrected chi connectivity index (χ1v) is 11.0. The topological polar surface area (TPSA) is 214 Å². The van der Waals surface area contributed by atoms with Gasteiger partial charge in [-0.25, -0.2) is 0 Å². The van der Waals surface area contributed by atoms with Crippen LogP contribution in [0.1, 0.15) is 26.7 Å². The van der Waals surface area contributed by atoms with E-state index in [4.69, 9.17) is 41.9 Å². The molecule has 0 bridgehead atoms. The Hall–Kier alpha value is -0.900. The van der Waals surface area contributed by atoms with Crippen molar-refractivity contribution in [3.8, 4) is 0 Å². The van der Waals surface area contributed by atoms with E-state index >= 15 is 0 Å². The van der Waals surface area contributed by atoms with Crippen LogP contribution in [0.5, 0.6) is 0 Å². The normalized spacial score (nSPS) is 49.9. The highest BCUT2D eigenvalue weighted by Crippen LogP contribution is 2.36. The van der Waals surface area contributed by atoms with Gasteiger partial charge in [0.2, 0.25) is 6.29 Å². The highest BCUT2D eigenvalue weighted by molar-refractivity contribution is 5.06. The fourth-order valence-corrected chi connectivity index (χ4v) is 4.64. The summed E-state index contributed by atoms with van der Waals surface area (Å²) in [7, 11) is 1.62. The molecule has 0 unspecified atom stereocenters. The third-order valence-corrected chi connectivity index (χ3v) is 6.64. The summed E-state index contributed by atoms with van der Waals surface area (Å²) in [6.07, 6.45) is -2.59. The van der Waals surface area contributed by atoms with Crippen LogP contribution >= 0.6 is 0 Å². The molecule has 0 amide bonds. The number of aliphatic hydroxyl groups excluding tert-OH is 2. The van der Waals surface area contributed by atoms with E-state index in [2.05, 4.69) is 5.32 Å². The second-order valence-corrected chi connectivity index (χ2v) is 9.37. The maximum Gasteiger partial charge on any atom is 0.215 e. The van der Waals surface area contributed by atoms with Gasteiger partial charge in [-0.05, 0) is 39.8 Å². The maximum atomic E-state index is 11.1. The SMILES string of the molecule is CN[C@@H]1[C@@H](O)[C@@](C)(O[C@@H]2[C@@H](O)[C@H](O[C@H]3OC(CN)=CC[C@H]3N)[C@@H](N)C[C@H]2N)OC[C@]1(C)O. The van der Waals surface area contributed by atoms with Crippen LogP contribution in [0.15, 0.2) is 11.8 Å². The Morgan fingerprint density at radius 3 is 2.44 bits per heavy atom. The summed E-state index contributed by atoms with van der Waals surface area (Å²) < 4.78 is 23.5. The second-order valence-electron chi connectivity index (χ2n) is 9.37. The van der Waals surface area contributed by atoms with Crippen LogP contribution in [-0.2, 0) is 18.9 Å². The molecule has 12 N–H and O–H groups in total. The fraction of sp³-hybridized carbons (Fsp3) is 0.900.